The Hall–Kier alpha value is -1.46. The molecule has 0 aliphatic carbocycles. The second-order valence-corrected chi connectivity index (χ2v) is 3.24. The topological polar surface area (TPSA) is 44.1 Å². The molecule has 0 radical (unpaired) electrons. The molecule has 0 saturated carbocycles. The van der Waals surface area contributed by atoms with Gasteiger partial charge in [0.05, 0.1) is 6.61 Å². The number of alkyl halides is 2. The first kappa shape index (κ1) is 12.6. The molecule has 90 valence electrons. The summed E-state index contributed by atoms with van der Waals surface area (Å²) in [6.07, 6.45) is 3.35. The molecule has 0 spiro atoms. The lowest BCUT2D eigenvalue weighted by atomic mass is 10.3. The van der Waals surface area contributed by atoms with Gasteiger partial charge in [-0.1, -0.05) is 6.92 Å². The van der Waals surface area contributed by atoms with Crippen LogP contribution in [0.5, 0.6) is 0 Å². The number of aryl methyl sites for hydroxylation is 1. The van der Waals surface area contributed by atoms with E-state index in [0.29, 0.717) is 13.0 Å². The molecule has 0 bridgehead atoms. The Morgan fingerprint density at radius 3 is 2.81 bits per heavy atom. The van der Waals surface area contributed by atoms with E-state index in [1.54, 1.807) is 0 Å². The summed E-state index contributed by atoms with van der Waals surface area (Å²) in [6.45, 7) is 3.64. The van der Waals surface area contributed by atoms with Gasteiger partial charge in [-0.05, 0) is 13.3 Å². The van der Waals surface area contributed by atoms with E-state index in [4.69, 9.17) is 0 Å². The number of imidazole rings is 1. The smallest absolute Gasteiger partial charge is 0.399 e. The van der Waals surface area contributed by atoms with Gasteiger partial charge in [-0.25, -0.2) is 9.78 Å². The van der Waals surface area contributed by atoms with E-state index in [0.717, 1.165) is 0 Å². The van der Waals surface area contributed by atoms with Gasteiger partial charge in [0.25, 0.3) is 0 Å². The Balaban J connectivity index is 2.96. The van der Waals surface area contributed by atoms with Gasteiger partial charge in [-0.2, -0.15) is 8.78 Å². The molecular weight excluding hydrogens is 218 g/mol. The number of nitrogens with zero attached hydrogens (tertiary/aromatic N) is 2. The number of hydrogen-bond donors (Lipinski definition) is 0. The van der Waals surface area contributed by atoms with Crippen molar-refractivity contribution in [3.8, 4) is 0 Å². The maximum atomic E-state index is 13.6. The second kappa shape index (κ2) is 5.05. The predicted octanol–water partition coefficient (Wildman–Crippen LogP) is 1.95. The van der Waals surface area contributed by atoms with Crippen LogP contribution in [0.25, 0.3) is 0 Å². The number of hydrogen-bond acceptors (Lipinski definition) is 3. The molecule has 0 aliphatic heterocycles. The van der Waals surface area contributed by atoms with Gasteiger partial charge in [0.15, 0.2) is 5.82 Å². The Morgan fingerprint density at radius 2 is 2.25 bits per heavy atom. The molecule has 0 atom stereocenters. The summed E-state index contributed by atoms with van der Waals surface area (Å²) >= 11 is 0. The van der Waals surface area contributed by atoms with Crippen LogP contribution in [0.15, 0.2) is 12.4 Å². The van der Waals surface area contributed by atoms with Crippen molar-refractivity contribution >= 4 is 5.97 Å². The number of carbonyl (C=O) groups is 1. The molecule has 1 rings (SSSR count). The molecule has 16 heavy (non-hydrogen) atoms. The molecule has 1 heterocycles. The lowest BCUT2D eigenvalue weighted by Crippen LogP contribution is -2.31. The molecule has 0 unspecified atom stereocenters. The van der Waals surface area contributed by atoms with Crippen LogP contribution in [0.1, 0.15) is 26.1 Å². The Morgan fingerprint density at radius 1 is 1.56 bits per heavy atom. The van der Waals surface area contributed by atoms with E-state index in [2.05, 4.69) is 9.72 Å². The summed E-state index contributed by atoms with van der Waals surface area (Å²) in [7, 11) is 0. The van der Waals surface area contributed by atoms with E-state index < -0.39 is 17.7 Å². The van der Waals surface area contributed by atoms with Gasteiger partial charge in [-0.15, -0.1) is 0 Å². The fourth-order valence-corrected chi connectivity index (χ4v) is 1.32. The number of esters is 1. The molecule has 0 saturated heterocycles. The third kappa shape index (κ3) is 2.37. The van der Waals surface area contributed by atoms with Gasteiger partial charge < -0.3 is 9.30 Å². The van der Waals surface area contributed by atoms with Crippen LogP contribution in [-0.2, 0) is 22.0 Å². The van der Waals surface area contributed by atoms with Crippen LogP contribution < -0.4 is 0 Å². The van der Waals surface area contributed by atoms with Crippen molar-refractivity contribution in [3.63, 3.8) is 0 Å². The Bertz CT molecular complexity index is 363. The van der Waals surface area contributed by atoms with Gasteiger partial charge in [0, 0.05) is 18.9 Å². The second-order valence-electron chi connectivity index (χ2n) is 3.24. The molecule has 6 heteroatoms. The van der Waals surface area contributed by atoms with Crippen LogP contribution in [0.2, 0.25) is 0 Å². The van der Waals surface area contributed by atoms with Crippen LogP contribution in [0, 0.1) is 0 Å². The lowest BCUT2D eigenvalue weighted by Gasteiger charge is -2.15. The lowest BCUT2D eigenvalue weighted by molar-refractivity contribution is -0.174. The number of aromatic nitrogens is 2. The first-order valence-corrected chi connectivity index (χ1v) is 5.10. The van der Waals surface area contributed by atoms with Crippen molar-refractivity contribution in [2.24, 2.45) is 0 Å². The van der Waals surface area contributed by atoms with Crippen molar-refractivity contribution in [1.82, 2.24) is 9.55 Å². The summed E-state index contributed by atoms with van der Waals surface area (Å²) in [5.41, 5.74) is 0. The minimum atomic E-state index is -3.69. The van der Waals surface area contributed by atoms with Gasteiger partial charge in [-0.3, -0.25) is 0 Å². The van der Waals surface area contributed by atoms with E-state index in [9.17, 15) is 13.6 Å². The quantitative estimate of drug-likeness (QED) is 0.729. The molecule has 0 N–H and O–H groups in total. The number of ether oxygens (including phenoxy) is 1. The van der Waals surface area contributed by atoms with E-state index in [1.165, 1.54) is 23.9 Å². The highest BCUT2D eigenvalue weighted by Crippen LogP contribution is 2.28. The maximum absolute atomic E-state index is 13.6. The van der Waals surface area contributed by atoms with Crippen molar-refractivity contribution in [2.75, 3.05) is 6.61 Å². The highest BCUT2D eigenvalue weighted by atomic mass is 19.3. The number of carbonyl (C=O) groups excluding carboxylic acids is 1. The zero-order valence-corrected chi connectivity index (χ0v) is 9.24. The molecule has 0 aliphatic rings. The zero-order valence-electron chi connectivity index (χ0n) is 9.24. The van der Waals surface area contributed by atoms with E-state index in [1.807, 2.05) is 6.92 Å². The molecule has 1 aromatic heterocycles. The Kier molecular flexibility index (Phi) is 3.98. The van der Waals surface area contributed by atoms with Crippen molar-refractivity contribution in [2.45, 2.75) is 32.7 Å². The first-order chi connectivity index (χ1) is 7.54. The highest BCUT2D eigenvalue weighted by molar-refractivity contribution is 5.78. The normalized spacial score (nSPS) is 11.5. The maximum Gasteiger partial charge on any atom is 0.399 e. The molecule has 0 aromatic carbocycles. The van der Waals surface area contributed by atoms with Gasteiger partial charge in [0.2, 0.25) is 0 Å². The first-order valence-electron chi connectivity index (χ1n) is 5.10. The van der Waals surface area contributed by atoms with Gasteiger partial charge in [0.1, 0.15) is 0 Å². The monoisotopic (exact) mass is 232 g/mol. The molecule has 0 fully saturated rings. The Labute approximate surface area is 92.2 Å². The van der Waals surface area contributed by atoms with E-state index in [-0.39, 0.29) is 6.61 Å². The highest BCUT2D eigenvalue weighted by Gasteiger charge is 2.46. The zero-order chi connectivity index (χ0) is 12.2. The predicted molar refractivity (Wildman–Crippen MR) is 53.0 cm³/mol. The minimum Gasteiger partial charge on any atom is -0.461 e. The van der Waals surface area contributed by atoms with Gasteiger partial charge >= 0.3 is 11.9 Å². The molecule has 0 amide bonds. The van der Waals surface area contributed by atoms with Crippen LogP contribution in [0.3, 0.4) is 0 Å². The molecule has 1 aromatic rings. The third-order valence-corrected chi connectivity index (χ3v) is 1.99. The van der Waals surface area contributed by atoms with Crippen molar-refractivity contribution < 1.29 is 18.3 Å². The fourth-order valence-electron chi connectivity index (χ4n) is 1.32. The average Bonchev–Trinajstić information content (AvgIpc) is 2.67. The largest absolute Gasteiger partial charge is 0.461 e. The molecular formula is C10H14F2N2O2. The molecule has 4 nitrogen and oxygen atoms in total. The summed E-state index contributed by atoms with van der Waals surface area (Å²) in [4.78, 5) is 14.6. The summed E-state index contributed by atoms with van der Waals surface area (Å²) in [6, 6.07) is 0. The third-order valence-electron chi connectivity index (χ3n) is 1.99. The number of rotatable bonds is 5. The number of halogens is 2. The SMILES string of the molecule is CCCn1ccnc1C(F)(F)C(=O)OCC. The fraction of sp³-hybridized carbons (Fsp3) is 0.600. The minimum absolute atomic E-state index is 0.0804. The summed E-state index contributed by atoms with van der Waals surface area (Å²) in [5, 5.41) is 0. The van der Waals surface area contributed by atoms with Crippen molar-refractivity contribution in [3.05, 3.63) is 18.2 Å². The van der Waals surface area contributed by atoms with Crippen LogP contribution >= 0.6 is 0 Å². The standard InChI is InChI=1S/C10H14F2N2O2/c1-3-6-14-7-5-13-8(14)10(11,12)9(15)16-4-2/h5,7H,3-4,6H2,1-2H3. The summed E-state index contributed by atoms with van der Waals surface area (Å²) < 4.78 is 32.8. The van der Waals surface area contributed by atoms with Crippen molar-refractivity contribution in [1.29, 1.82) is 0 Å². The van der Waals surface area contributed by atoms with E-state index >= 15 is 0 Å². The summed E-state index contributed by atoms with van der Waals surface area (Å²) in [5.74, 6) is -5.80. The van der Waals surface area contributed by atoms with Crippen LogP contribution in [0.4, 0.5) is 8.78 Å². The van der Waals surface area contributed by atoms with Crippen LogP contribution in [-0.4, -0.2) is 22.1 Å². The average molecular weight is 232 g/mol.